The number of hydrogen-bond acceptors (Lipinski definition) is 4. The van der Waals surface area contributed by atoms with Gasteiger partial charge in [0, 0.05) is 6.20 Å². The fourth-order valence-corrected chi connectivity index (χ4v) is 3.68. The molecule has 1 aromatic rings. The predicted molar refractivity (Wildman–Crippen MR) is 112 cm³/mol. The highest BCUT2D eigenvalue weighted by molar-refractivity contribution is 5.99. The average Bonchev–Trinajstić information content (AvgIpc) is 2.70. The molecule has 0 saturated heterocycles. The molecular formula is C23H31N3O3. The van der Waals surface area contributed by atoms with Crippen LogP contribution in [-0.2, 0) is 22.4 Å². The Balaban J connectivity index is 2.10. The molecule has 0 saturated carbocycles. The number of carbonyl (C=O) groups is 2. The standard InChI is InChI=1S/C23H31N3O3/c1-4-20(18-10-9-16-7-5-6-8-17(16)12-18)25-14-19(13-24)22(27)26-21(23(28)29)11-15(2)3/h9-10,12,14-15,20-21,25H,4-8,11H2,1-3H3,(H,26,27)(H,28,29)/b19-14-. The van der Waals surface area contributed by atoms with Crippen LogP contribution in [0.4, 0.5) is 0 Å². The summed E-state index contributed by atoms with van der Waals surface area (Å²) in [7, 11) is 0. The molecule has 6 heteroatoms. The number of hydrogen-bond donors (Lipinski definition) is 3. The zero-order chi connectivity index (χ0) is 21.4. The zero-order valence-electron chi connectivity index (χ0n) is 17.5. The molecule has 1 aliphatic rings. The Hall–Kier alpha value is -2.81. The van der Waals surface area contributed by atoms with Crippen molar-refractivity contribution in [3.8, 4) is 6.07 Å². The van der Waals surface area contributed by atoms with Crippen molar-refractivity contribution in [2.45, 2.75) is 71.4 Å². The topological polar surface area (TPSA) is 102 Å². The fraction of sp³-hybridized carbons (Fsp3) is 0.522. The Morgan fingerprint density at radius 2 is 1.93 bits per heavy atom. The van der Waals surface area contributed by atoms with Gasteiger partial charge in [0.25, 0.3) is 5.91 Å². The number of carbonyl (C=O) groups excluding carboxylic acids is 1. The molecule has 156 valence electrons. The first-order chi connectivity index (χ1) is 13.8. The van der Waals surface area contributed by atoms with Gasteiger partial charge in [-0.3, -0.25) is 4.79 Å². The number of benzene rings is 1. The molecule has 0 heterocycles. The van der Waals surface area contributed by atoms with E-state index >= 15 is 0 Å². The molecule has 6 nitrogen and oxygen atoms in total. The van der Waals surface area contributed by atoms with Crippen molar-refractivity contribution in [1.29, 1.82) is 5.26 Å². The monoisotopic (exact) mass is 397 g/mol. The Morgan fingerprint density at radius 1 is 1.24 bits per heavy atom. The summed E-state index contributed by atoms with van der Waals surface area (Å²) in [6.45, 7) is 5.81. The van der Waals surface area contributed by atoms with Crippen molar-refractivity contribution in [2.24, 2.45) is 5.92 Å². The third kappa shape index (κ3) is 6.35. The van der Waals surface area contributed by atoms with Gasteiger partial charge in [-0.25, -0.2) is 4.79 Å². The van der Waals surface area contributed by atoms with Gasteiger partial charge in [0.05, 0.1) is 6.04 Å². The molecule has 29 heavy (non-hydrogen) atoms. The lowest BCUT2D eigenvalue weighted by atomic mass is 9.89. The molecule has 0 fully saturated rings. The summed E-state index contributed by atoms with van der Waals surface area (Å²) >= 11 is 0. The normalized spacial score (nSPS) is 15.8. The third-order valence-electron chi connectivity index (χ3n) is 5.29. The lowest BCUT2D eigenvalue weighted by Crippen LogP contribution is -2.42. The van der Waals surface area contributed by atoms with Gasteiger partial charge in [0.1, 0.15) is 17.7 Å². The van der Waals surface area contributed by atoms with Gasteiger partial charge >= 0.3 is 5.97 Å². The van der Waals surface area contributed by atoms with Gasteiger partial charge in [0.15, 0.2) is 0 Å². The van der Waals surface area contributed by atoms with Crippen molar-refractivity contribution in [1.82, 2.24) is 10.6 Å². The second kappa shape index (κ2) is 10.7. The van der Waals surface area contributed by atoms with E-state index in [9.17, 15) is 20.0 Å². The lowest BCUT2D eigenvalue weighted by molar-refractivity contribution is -0.141. The molecule has 1 aromatic carbocycles. The molecule has 0 radical (unpaired) electrons. The van der Waals surface area contributed by atoms with E-state index in [0.29, 0.717) is 6.42 Å². The molecule has 1 amide bonds. The van der Waals surface area contributed by atoms with Gasteiger partial charge in [-0.2, -0.15) is 5.26 Å². The van der Waals surface area contributed by atoms with E-state index < -0.39 is 17.9 Å². The largest absolute Gasteiger partial charge is 0.480 e. The van der Waals surface area contributed by atoms with Gasteiger partial charge in [-0.05, 0) is 61.1 Å². The number of carboxylic acids is 1. The highest BCUT2D eigenvalue weighted by Crippen LogP contribution is 2.26. The smallest absolute Gasteiger partial charge is 0.326 e. The van der Waals surface area contributed by atoms with E-state index in [1.54, 1.807) is 0 Å². The van der Waals surface area contributed by atoms with Crippen molar-refractivity contribution in [3.05, 3.63) is 46.7 Å². The summed E-state index contributed by atoms with van der Waals surface area (Å²) in [6.07, 6.45) is 7.16. The van der Waals surface area contributed by atoms with Gasteiger partial charge in [-0.15, -0.1) is 0 Å². The average molecular weight is 398 g/mol. The Bertz CT molecular complexity index is 808. The van der Waals surface area contributed by atoms with Crippen molar-refractivity contribution < 1.29 is 14.7 Å². The quantitative estimate of drug-likeness (QED) is 0.436. The van der Waals surface area contributed by atoms with Crippen LogP contribution in [-0.4, -0.2) is 23.0 Å². The summed E-state index contributed by atoms with van der Waals surface area (Å²) in [4.78, 5) is 23.8. The van der Waals surface area contributed by atoms with Crippen molar-refractivity contribution >= 4 is 11.9 Å². The molecule has 0 aliphatic heterocycles. The lowest BCUT2D eigenvalue weighted by Gasteiger charge is -2.21. The number of nitrogens with one attached hydrogen (secondary N) is 2. The second-order valence-corrected chi connectivity index (χ2v) is 8.03. The summed E-state index contributed by atoms with van der Waals surface area (Å²) < 4.78 is 0. The van der Waals surface area contributed by atoms with Gasteiger partial charge in [0.2, 0.25) is 0 Å². The second-order valence-electron chi connectivity index (χ2n) is 8.03. The summed E-state index contributed by atoms with van der Waals surface area (Å²) in [5.74, 6) is -1.66. The molecular weight excluding hydrogens is 366 g/mol. The third-order valence-corrected chi connectivity index (χ3v) is 5.29. The molecule has 1 aliphatic carbocycles. The fourth-order valence-electron chi connectivity index (χ4n) is 3.68. The van der Waals surface area contributed by atoms with Crippen LogP contribution >= 0.6 is 0 Å². The molecule has 0 bridgehead atoms. The van der Waals surface area contributed by atoms with Gasteiger partial charge in [-0.1, -0.05) is 39.0 Å². The summed E-state index contributed by atoms with van der Waals surface area (Å²) in [5, 5.41) is 24.3. The van der Waals surface area contributed by atoms with E-state index in [2.05, 4.69) is 28.8 Å². The van der Waals surface area contributed by atoms with Crippen LogP contribution in [0.5, 0.6) is 0 Å². The molecule has 3 N–H and O–H groups in total. The minimum atomic E-state index is -1.10. The number of aryl methyl sites for hydroxylation is 2. The maximum atomic E-state index is 12.4. The number of nitriles is 1. The van der Waals surface area contributed by atoms with Crippen molar-refractivity contribution in [2.75, 3.05) is 0 Å². The minimum absolute atomic E-state index is 0.0238. The van der Waals surface area contributed by atoms with E-state index in [1.807, 2.05) is 26.8 Å². The van der Waals surface area contributed by atoms with Crippen molar-refractivity contribution in [3.63, 3.8) is 0 Å². The number of nitrogens with zero attached hydrogens (tertiary/aromatic N) is 1. The highest BCUT2D eigenvalue weighted by atomic mass is 16.4. The zero-order valence-corrected chi connectivity index (χ0v) is 17.5. The highest BCUT2D eigenvalue weighted by Gasteiger charge is 2.23. The van der Waals surface area contributed by atoms with E-state index in [1.165, 1.54) is 30.2 Å². The Labute approximate surface area is 173 Å². The Kier molecular flexibility index (Phi) is 8.26. The van der Waals surface area contributed by atoms with Crippen LogP contribution in [0, 0.1) is 17.2 Å². The number of fused-ring (bicyclic) bond motifs is 1. The maximum Gasteiger partial charge on any atom is 0.326 e. The number of rotatable bonds is 9. The maximum absolute atomic E-state index is 12.4. The number of amides is 1. The number of aliphatic carboxylic acids is 1. The molecule has 0 aromatic heterocycles. The SMILES string of the molecule is CCC(N/C=C(/C#N)C(=O)NC(CC(C)C)C(=O)O)c1ccc2c(c1)CCCC2. The minimum Gasteiger partial charge on any atom is -0.480 e. The van der Waals surface area contributed by atoms with E-state index in [0.717, 1.165) is 24.8 Å². The molecule has 2 unspecified atom stereocenters. The van der Waals surface area contributed by atoms with Crippen LogP contribution in [0.2, 0.25) is 0 Å². The Morgan fingerprint density at radius 3 is 2.52 bits per heavy atom. The van der Waals surface area contributed by atoms with Crippen LogP contribution in [0.15, 0.2) is 30.0 Å². The molecule has 2 rings (SSSR count). The summed E-state index contributed by atoms with van der Waals surface area (Å²) in [5.41, 5.74) is 3.79. The van der Waals surface area contributed by atoms with E-state index in [4.69, 9.17) is 0 Å². The van der Waals surface area contributed by atoms with Crippen LogP contribution in [0.3, 0.4) is 0 Å². The first-order valence-electron chi connectivity index (χ1n) is 10.4. The van der Waals surface area contributed by atoms with Crippen LogP contribution in [0.1, 0.15) is 69.2 Å². The van der Waals surface area contributed by atoms with E-state index in [-0.39, 0.29) is 17.5 Å². The first kappa shape index (κ1) is 22.5. The van der Waals surface area contributed by atoms with Crippen LogP contribution < -0.4 is 10.6 Å². The van der Waals surface area contributed by atoms with Crippen LogP contribution in [0.25, 0.3) is 0 Å². The first-order valence-corrected chi connectivity index (χ1v) is 10.4. The van der Waals surface area contributed by atoms with Gasteiger partial charge < -0.3 is 15.7 Å². The number of carboxylic acid groups (broad SMARTS) is 1. The molecule has 0 spiro atoms. The predicted octanol–water partition coefficient (Wildman–Crippen LogP) is 3.63. The molecule has 2 atom stereocenters. The summed E-state index contributed by atoms with van der Waals surface area (Å²) in [6, 6.07) is 7.34.